The van der Waals surface area contributed by atoms with Gasteiger partial charge in [-0.25, -0.2) is 14.8 Å². The van der Waals surface area contributed by atoms with Crippen LogP contribution >= 0.6 is 0 Å². The maximum atomic E-state index is 10.8. The summed E-state index contributed by atoms with van der Waals surface area (Å²) in [5.41, 5.74) is 2.00. The van der Waals surface area contributed by atoms with Crippen molar-refractivity contribution in [3.63, 3.8) is 0 Å². The highest BCUT2D eigenvalue weighted by Gasteiger charge is 2.07. The molecule has 2 aromatic heterocycles. The molecule has 0 spiro atoms. The van der Waals surface area contributed by atoms with E-state index in [-0.39, 0.29) is 5.56 Å². The summed E-state index contributed by atoms with van der Waals surface area (Å²) in [6.45, 7) is 0.543. The Bertz CT molecular complexity index is 795. The Hall–Kier alpha value is -2.96. The molecular weight excluding hydrogens is 270 g/mol. The van der Waals surface area contributed by atoms with Gasteiger partial charge in [-0.1, -0.05) is 12.1 Å². The number of aromatic nitrogens is 4. The number of aryl methyl sites for hydroxylation is 1. The number of anilines is 1. The summed E-state index contributed by atoms with van der Waals surface area (Å²) in [5.74, 6) is -0.224. The summed E-state index contributed by atoms with van der Waals surface area (Å²) in [6.07, 6.45) is 3.20. The number of nitrogens with zero attached hydrogens (tertiary/aromatic N) is 4. The van der Waals surface area contributed by atoms with Crippen LogP contribution in [0.25, 0.3) is 11.0 Å². The topological polar surface area (TPSA) is 92.9 Å². The van der Waals surface area contributed by atoms with E-state index in [1.165, 1.54) is 6.33 Å². The molecule has 0 bridgehead atoms. The number of aromatic carboxylic acids is 1. The SMILES string of the molecule is Cn1ncc2c(NCc3ccc(C(=O)O)cc3)ncnc21. The molecule has 0 amide bonds. The average molecular weight is 283 g/mol. The Kier molecular flexibility index (Phi) is 3.23. The molecule has 0 aliphatic carbocycles. The quantitative estimate of drug-likeness (QED) is 0.756. The number of nitrogens with one attached hydrogen (secondary N) is 1. The van der Waals surface area contributed by atoms with Crippen LogP contribution in [0.4, 0.5) is 5.82 Å². The Morgan fingerprint density at radius 1 is 1.29 bits per heavy atom. The maximum Gasteiger partial charge on any atom is 0.335 e. The summed E-state index contributed by atoms with van der Waals surface area (Å²) in [5, 5.41) is 17.1. The predicted molar refractivity (Wildman–Crippen MR) is 77.0 cm³/mol. The highest BCUT2D eigenvalue weighted by Crippen LogP contribution is 2.18. The van der Waals surface area contributed by atoms with E-state index in [4.69, 9.17) is 5.11 Å². The van der Waals surface area contributed by atoms with Gasteiger partial charge in [-0.15, -0.1) is 0 Å². The summed E-state index contributed by atoms with van der Waals surface area (Å²) in [6, 6.07) is 6.72. The second-order valence-electron chi connectivity index (χ2n) is 4.58. The van der Waals surface area contributed by atoms with E-state index in [1.54, 1.807) is 35.1 Å². The van der Waals surface area contributed by atoms with Gasteiger partial charge in [0.25, 0.3) is 0 Å². The lowest BCUT2D eigenvalue weighted by molar-refractivity contribution is 0.0697. The largest absolute Gasteiger partial charge is 0.478 e. The van der Waals surface area contributed by atoms with Gasteiger partial charge in [-0.05, 0) is 17.7 Å². The third kappa shape index (κ3) is 2.53. The van der Waals surface area contributed by atoms with Gasteiger partial charge in [-0.2, -0.15) is 5.10 Å². The van der Waals surface area contributed by atoms with E-state index in [9.17, 15) is 4.79 Å². The molecule has 2 heterocycles. The van der Waals surface area contributed by atoms with Crippen molar-refractivity contribution >= 4 is 22.8 Å². The van der Waals surface area contributed by atoms with Crippen molar-refractivity contribution in [2.24, 2.45) is 7.05 Å². The van der Waals surface area contributed by atoms with E-state index in [0.29, 0.717) is 12.4 Å². The molecule has 0 unspecified atom stereocenters. The fraction of sp³-hybridized carbons (Fsp3) is 0.143. The molecule has 0 radical (unpaired) electrons. The number of benzene rings is 1. The van der Waals surface area contributed by atoms with Crippen LogP contribution in [-0.4, -0.2) is 30.8 Å². The van der Waals surface area contributed by atoms with Gasteiger partial charge in [0.15, 0.2) is 5.65 Å². The minimum absolute atomic E-state index is 0.274. The van der Waals surface area contributed by atoms with Gasteiger partial charge in [0.1, 0.15) is 12.1 Å². The standard InChI is InChI=1S/C14H13N5O2/c1-19-13-11(7-18-19)12(16-8-17-13)15-6-9-2-4-10(5-3-9)14(20)21/h2-5,7-8H,6H2,1H3,(H,20,21)(H,15,16,17). The van der Waals surface area contributed by atoms with Crippen molar-refractivity contribution in [1.82, 2.24) is 19.7 Å². The monoisotopic (exact) mass is 283 g/mol. The van der Waals surface area contributed by atoms with Crippen molar-refractivity contribution in [2.75, 3.05) is 5.32 Å². The number of carboxylic acids is 1. The lowest BCUT2D eigenvalue weighted by atomic mass is 10.1. The minimum atomic E-state index is -0.928. The maximum absolute atomic E-state index is 10.8. The fourth-order valence-electron chi connectivity index (χ4n) is 2.05. The second kappa shape index (κ2) is 5.20. The normalized spacial score (nSPS) is 10.7. The summed E-state index contributed by atoms with van der Waals surface area (Å²) >= 11 is 0. The Morgan fingerprint density at radius 3 is 2.76 bits per heavy atom. The zero-order valence-electron chi connectivity index (χ0n) is 11.3. The Morgan fingerprint density at radius 2 is 2.05 bits per heavy atom. The van der Waals surface area contributed by atoms with Gasteiger partial charge in [0.05, 0.1) is 17.1 Å². The number of hydrogen-bond acceptors (Lipinski definition) is 5. The van der Waals surface area contributed by atoms with Crippen molar-refractivity contribution in [2.45, 2.75) is 6.54 Å². The molecule has 3 rings (SSSR count). The molecule has 0 aliphatic rings. The molecule has 0 aliphatic heterocycles. The molecule has 1 aromatic carbocycles. The molecule has 0 saturated heterocycles. The van der Waals surface area contributed by atoms with Crippen molar-refractivity contribution in [3.05, 3.63) is 47.9 Å². The first kappa shape index (κ1) is 13.0. The van der Waals surface area contributed by atoms with Crippen molar-refractivity contribution in [1.29, 1.82) is 0 Å². The van der Waals surface area contributed by atoms with Crippen LogP contribution < -0.4 is 5.32 Å². The molecule has 0 atom stereocenters. The highest BCUT2D eigenvalue weighted by molar-refractivity contribution is 5.87. The molecule has 3 aromatic rings. The predicted octanol–water partition coefficient (Wildman–Crippen LogP) is 1.67. The first-order valence-corrected chi connectivity index (χ1v) is 6.34. The number of rotatable bonds is 4. The first-order valence-electron chi connectivity index (χ1n) is 6.34. The lowest BCUT2D eigenvalue weighted by Gasteiger charge is -2.06. The average Bonchev–Trinajstić information content (AvgIpc) is 2.88. The molecular formula is C14H13N5O2. The number of carboxylic acid groups (broad SMARTS) is 1. The van der Waals surface area contributed by atoms with Crippen molar-refractivity contribution in [3.8, 4) is 0 Å². The smallest absolute Gasteiger partial charge is 0.335 e. The number of hydrogen-bond donors (Lipinski definition) is 2. The van der Waals surface area contributed by atoms with Crippen molar-refractivity contribution < 1.29 is 9.90 Å². The van der Waals surface area contributed by atoms with Gasteiger partial charge in [0, 0.05) is 13.6 Å². The zero-order chi connectivity index (χ0) is 14.8. The Balaban J connectivity index is 1.78. The van der Waals surface area contributed by atoms with Gasteiger partial charge in [-0.3, -0.25) is 4.68 Å². The van der Waals surface area contributed by atoms with Gasteiger partial charge < -0.3 is 10.4 Å². The molecule has 0 fully saturated rings. The third-order valence-corrected chi connectivity index (χ3v) is 3.19. The van der Waals surface area contributed by atoms with Crippen LogP contribution in [0.15, 0.2) is 36.8 Å². The van der Waals surface area contributed by atoms with Crippen LogP contribution in [-0.2, 0) is 13.6 Å². The summed E-state index contributed by atoms with van der Waals surface area (Å²) < 4.78 is 1.68. The zero-order valence-corrected chi connectivity index (χ0v) is 11.3. The van der Waals surface area contributed by atoms with Gasteiger partial charge >= 0.3 is 5.97 Å². The van der Waals surface area contributed by atoms with E-state index < -0.39 is 5.97 Å². The first-order chi connectivity index (χ1) is 10.1. The fourth-order valence-corrected chi connectivity index (χ4v) is 2.05. The third-order valence-electron chi connectivity index (χ3n) is 3.19. The Labute approximate surface area is 120 Å². The number of carbonyl (C=O) groups is 1. The molecule has 7 heteroatoms. The van der Waals surface area contributed by atoms with Crippen LogP contribution in [0.3, 0.4) is 0 Å². The van der Waals surface area contributed by atoms with Crippen LogP contribution in [0.2, 0.25) is 0 Å². The van der Waals surface area contributed by atoms with Crippen LogP contribution in [0.5, 0.6) is 0 Å². The molecule has 106 valence electrons. The van der Waals surface area contributed by atoms with Crippen LogP contribution in [0, 0.1) is 0 Å². The summed E-state index contributed by atoms with van der Waals surface area (Å²) in [7, 11) is 1.82. The van der Waals surface area contributed by atoms with E-state index in [0.717, 1.165) is 16.6 Å². The minimum Gasteiger partial charge on any atom is -0.478 e. The number of fused-ring (bicyclic) bond motifs is 1. The van der Waals surface area contributed by atoms with E-state index >= 15 is 0 Å². The molecule has 21 heavy (non-hydrogen) atoms. The molecule has 7 nitrogen and oxygen atoms in total. The van der Waals surface area contributed by atoms with Crippen LogP contribution in [0.1, 0.15) is 15.9 Å². The van der Waals surface area contributed by atoms with Gasteiger partial charge in [0.2, 0.25) is 0 Å². The van der Waals surface area contributed by atoms with E-state index in [1.807, 2.05) is 7.05 Å². The lowest BCUT2D eigenvalue weighted by Crippen LogP contribution is -2.03. The van der Waals surface area contributed by atoms with E-state index in [2.05, 4.69) is 20.4 Å². The second-order valence-corrected chi connectivity index (χ2v) is 4.58. The molecule has 0 saturated carbocycles. The summed E-state index contributed by atoms with van der Waals surface area (Å²) in [4.78, 5) is 19.2. The molecule has 2 N–H and O–H groups in total. The highest BCUT2D eigenvalue weighted by atomic mass is 16.4.